The van der Waals surface area contributed by atoms with E-state index >= 15 is 0 Å². The number of oxazole rings is 1. The number of piperazine rings is 1. The predicted molar refractivity (Wildman–Crippen MR) is 113 cm³/mol. The first-order valence-corrected chi connectivity index (χ1v) is 11.7. The number of nitrogens with zero attached hydrogens (tertiary/aromatic N) is 5. The Morgan fingerprint density at radius 2 is 1.90 bits per heavy atom. The summed E-state index contributed by atoms with van der Waals surface area (Å²) in [4.78, 5) is 14.4. The molecule has 4 aromatic rings. The standard InChI is InChI=1S/C18H16ClN5O4S2/c19-12-4-5-14-15(10-12)28-18(25)24(14)11-22-6-8-23(9-7-22)30(26,27)16-3-1-2-13-17(16)21-29-20-13/h1-5,10H,6-9,11H2. The average molecular weight is 466 g/mol. The van der Waals surface area contributed by atoms with Crippen molar-refractivity contribution in [3.8, 4) is 0 Å². The van der Waals surface area contributed by atoms with Crippen LogP contribution < -0.4 is 5.76 Å². The van der Waals surface area contributed by atoms with Gasteiger partial charge in [-0.2, -0.15) is 13.1 Å². The van der Waals surface area contributed by atoms with Crippen molar-refractivity contribution in [2.45, 2.75) is 11.6 Å². The lowest BCUT2D eigenvalue weighted by atomic mass is 10.3. The first kappa shape index (κ1) is 19.6. The summed E-state index contributed by atoms with van der Waals surface area (Å²) in [5, 5.41) is 0.493. The molecule has 0 saturated carbocycles. The van der Waals surface area contributed by atoms with Gasteiger partial charge in [0.15, 0.2) is 5.58 Å². The van der Waals surface area contributed by atoms with Crippen LogP contribution in [0.5, 0.6) is 0 Å². The number of benzene rings is 2. The maximum Gasteiger partial charge on any atom is 0.421 e. The SMILES string of the molecule is O=c1oc2cc(Cl)ccc2n1CN1CCN(S(=O)(=O)c2cccc3nsnc23)CC1. The maximum absolute atomic E-state index is 13.1. The van der Waals surface area contributed by atoms with Crippen molar-refractivity contribution in [2.75, 3.05) is 26.2 Å². The lowest BCUT2D eigenvalue weighted by molar-refractivity contribution is 0.150. The van der Waals surface area contributed by atoms with Gasteiger partial charge in [0.2, 0.25) is 10.0 Å². The largest absolute Gasteiger partial charge is 0.421 e. The van der Waals surface area contributed by atoms with Crippen LogP contribution in [0.2, 0.25) is 5.02 Å². The highest BCUT2D eigenvalue weighted by molar-refractivity contribution is 7.89. The van der Waals surface area contributed by atoms with Gasteiger partial charge < -0.3 is 4.42 Å². The molecule has 0 N–H and O–H groups in total. The molecule has 30 heavy (non-hydrogen) atoms. The highest BCUT2D eigenvalue weighted by Gasteiger charge is 2.31. The van der Waals surface area contributed by atoms with Gasteiger partial charge in [0, 0.05) is 37.3 Å². The van der Waals surface area contributed by atoms with Crippen molar-refractivity contribution in [1.82, 2.24) is 22.5 Å². The van der Waals surface area contributed by atoms with E-state index in [1.165, 1.54) is 8.87 Å². The fourth-order valence-electron chi connectivity index (χ4n) is 3.61. The molecule has 12 heteroatoms. The fraction of sp³-hybridized carbons (Fsp3) is 0.278. The Bertz CT molecular complexity index is 1400. The number of fused-ring (bicyclic) bond motifs is 2. The Morgan fingerprint density at radius 1 is 1.10 bits per heavy atom. The number of hydrogen-bond acceptors (Lipinski definition) is 8. The van der Waals surface area contributed by atoms with E-state index in [1.54, 1.807) is 36.4 Å². The highest BCUT2D eigenvalue weighted by Crippen LogP contribution is 2.25. The third-order valence-corrected chi connectivity index (χ3v) is 7.88. The van der Waals surface area contributed by atoms with Crippen molar-refractivity contribution in [1.29, 1.82) is 0 Å². The summed E-state index contributed by atoms with van der Waals surface area (Å²) >= 11 is 6.95. The molecule has 9 nitrogen and oxygen atoms in total. The molecule has 5 rings (SSSR count). The van der Waals surface area contributed by atoms with E-state index in [0.29, 0.717) is 60.0 Å². The van der Waals surface area contributed by atoms with Gasteiger partial charge in [-0.3, -0.25) is 9.47 Å². The van der Waals surface area contributed by atoms with Crippen molar-refractivity contribution >= 4 is 55.5 Å². The number of sulfonamides is 1. The van der Waals surface area contributed by atoms with Crippen molar-refractivity contribution < 1.29 is 12.8 Å². The van der Waals surface area contributed by atoms with Crippen LogP contribution in [0.1, 0.15) is 0 Å². The van der Waals surface area contributed by atoms with Crippen LogP contribution in [0, 0.1) is 0 Å². The van der Waals surface area contributed by atoms with Crippen LogP contribution in [0.3, 0.4) is 0 Å². The van der Waals surface area contributed by atoms with E-state index in [2.05, 4.69) is 8.75 Å². The summed E-state index contributed by atoms with van der Waals surface area (Å²) in [7, 11) is -3.68. The van der Waals surface area contributed by atoms with E-state index in [0.717, 1.165) is 11.7 Å². The second-order valence-corrected chi connectivity index (χ2v) is 9.83. The van der Waals surface area contributed by atoms with Gasteiger partial charge in [-0.1, -0.05) is 17.7 Å². The highest BCUT2D eigenvalue weighted by atomic mass is 35.5. The summed E-state index contributed by atoms with van der Waals surface area (Å²) in [5.41, 5.74) is 2.06. The smallest absolute Gasteiger partial charge is 0.408 e. The Morgan fingerprint density at radius 3 is 2.70 bits per heavy atom. The Balaban J connectivity index is 1.34. The van der Waals surface area contributed by atoms with E-state index in [4.69, 9.17) is 16.0 Å². The average Bonchev–Trinajstić information content (AvgIpc) is 3.32. The van der Waals surface area contributed by atoms with Gasteiger partial charge in [-0.15, -0.1) is 0 Å². The van der Waals surface area contributed by atoms with Gasteiger partial charge in [-0.25, -0.2) is 13.2 Å². The minimum Gasteiger partial charge on any atom is -0.408 e. The second kappa shape index (κ2) is 7.43. The second-order valence-electron chi connectivity index (χ2n) is 6.96. The Hall–Kier alpha value is -2.31. The lowest BCUT2D eigenvalue weighted by Gasteiger charge is -2.33. The molecule has 0 spiro atoms. The zero-order valence-corrected chi connectivity index (χ0v) is 18.0. The molecule has 2 aromatic carbocycles. The van der Waals surface area contributed by atoms with Gasteiger partial charge in [0.1, 0.15) is 15.9 Å². The summed E-state index contributed by atoms with van der Waals surface area (Å²) in [6, 6.07) is 10.0. The fourth-order valence-corrected chi connectivity index (χ4v) is 5.95. The molecule has 0 amide bonds. The van der Waals surface area contributed by atoms with Crippen LogP contribution in [-0.4, -0.2) is 57.1 Å². The third kappa shape index (κ3) is 3.32. The molecule has 0 radical (unpaired) electrons. The topological polar surface area (TPSA) is 102 Å². The molecule has 0 atom stereocenters. The van der Waals surface area contributed by atoms with Crippen molar-refractivity contribution in [3.05, 3.63) is 52.0 Å². The minimum absolute atomic E-state index is 0.177. The van der Waals surface area contributed by atoms with Crippen LogP contribution >= 0.6 is 23.3 Å². The van der Waals surface area contributed by atoms with Crippen molar-refractivity contribution in [3.63, 3.8) is 0 Å². The summed E-state index contributed by atoms with van der Waals surface area (Å²) in [6.45, 7) is 1.90. The number of aromatic nitrogens is 3. The molecule has 2 aromatic heterocycles. The van der Waals surface area contributed by atoms with E-state index in [9.17, 15) is 13.2 Å². The lowest BCUT2D eigenvalue weighted by Crippen LogP contribution is -2.49. The molecule has 156 valence electrons. The van der Waals surface area contributed by atoms with Crippen LogP contribution in [-0.2, 0) is 16.7 Å². The normalized spacial score (nSPS) is 16.6. The molecule has 1 aliphatic rings. The molecule has 1 fully saturated rings. The van der Waals surface area contributed by atoms with E-state index in [1.807, 2.05) is 4.90 Å². The molecule has 0 unspecified atom stereocenters. The van der Waals surface area contributed by atoms with Gasteiger partial charge in [-0.05, 0) is 24.3 Å². The molecule has 1 saturated heterocycles. The minimum atomic E-state index is -3.68. The number of hydrogen-bond donors (Lipinski definition) is 0. The number of rotatable bonds is 4. The summed E-state index contributed by atoms with van der Waals surface area (Å²) in [5.74, 6) is -0.468. The predicted octanol–water partition coefficient (Wildman–Crippen LogP) is 2.22. The molecular formula is C18H16ClN5O4S2. The van der Waals surface area contributed by atoms with E-state index < -0.39 is 15.8 Å². The van der Waals surface area contributed by atoms with Gasteiger partial charge >= 0.3 is 5.76 Å². The maximum atomic E-state index is 13.1. The first-order valence-electron chi connectivity index (χ1n) is 9.16. The molecule has 3 heterocycles. The third-order valence-electron chi connectivity index (χ3n) is 5.17. The van der Waals surface area contributed by atoms with Crippen LogP contribution in [0.25, 0.3) is 22.1 Å². The van der Waals surface area contributed by atoms with Crippen molar-refractivity contribution in [2.24, 2.45) is 0 Å². The summed E-state index contributed by atoms with van der Waals surface area (Å²) < 4.78 is 42.8. The van der Waals surface area contributed by atoms with Gasteiger partial charge in [0.25, 0.3) is 0 Å². The van der Waals surface area contributed by atoms with E-state index in [-0.39, 0.29) is 4.90 Å². The summed E-state index contributed by atoms with van der Waals surface area (Å²) in [6.07, 6.45) is 0. The molecular weight excluding hydrogens is 450 g/mol. The number of halogens is 1. The Labute approximate surface area is 180 Å². The first-order chi connectivity index (χ1) is 14.4. The van der Waals surface area contributed by atoms with Crippen LogP contribution in [0.15, 0.2) is 50.5 Å². The quantitative estimate of drug-likeness (QED) is 0.455. The molecule has 0 aliphatic carbocycles. The zero-order chi connectivity index (χ0) is 20.9. The molecule has 1 aliphatic heterocycles. The van der Waals surface area contributed by atoms with Crippen LogP contribution in [0.4, 0.5) is 0 Å². The monoisotopic (exact) mass is 465 g/mol. The molecule has 0 bridgehead atoms. The Kier molecular flexibility index (Phi) is 4.86. The zero-order valence-electron chi connectivity index (χ0n) is 15.6. The van der Waals surface area contributed by atoms with Gasteiger partial charge in [0.05, 0.1) is 23.9 Å².